The van der Waals surface area contributed by atoms with Crippen molar-refractivity contribution in [2.45, 2.75) is 84.6 Å². The van der Waals surface area contributed by atoms with Crippen LogP contribution in [0.3, 0.4) is 0 Å². The zero-order valence-corrected chi connectivity index (χ0v) is 26.8. The first-order valence-corrected chi connectivity index (χ1v) is 17.7. The maximum atomic E-state index is 14.9. The van der Waals surface area contributed by atoms with Crippen molar-refractivity contribution in [2.75, 3.05) is 18.0 Å². The van der Waals surface area contributed by atoms with E-state index in [1.807, 2.05) is 29.2 Å². The zero-order valence-electron chi connectivity index (χ0n) is 25.8. The quantitative estimate of drug-likeness (QED) is 0.270. The van der Waals surface area contributed by atoms with E-state index >= 15 is 0 Å². The third-order valence-electron chi connectivity index (χ3n) is 8.29. The van der Waals surface area contributed by atoms with Crippen LogP contribution < -0.4 is 4.90 Å². The maximum absolute atomic E-state index is 14.9. The van der Waals surface area contributed by atoms with Gasteiger partial charge in [0, 0.05) is 31.2 Å². The van der Waals surface area contributed by atoms with E-state index in [9.17, 15) is 9.90 Å². The van der Waals surface area contributed by atoms with Crippen LogP contribution in [0.25, 0.3) is 0 Å². The number of urea groups is 1. The van der Waals surface area contributed by atoms with Crippen molar-refractivity contribution >= 4 is 20.8 Å². The Kier molecular flexibility index (Phi) is 9.53. The number of para-hydroxylation sites is 1. The van der Waals surface area contributed by atoms with E-state index in [2.05, 4.69) is 98.3 Å². The largest absolute Gasteiger partial charge is 0.397 e. The van der Waals surface area contributed by atoms with Gasteiger partial charge in [0.2, 0.25) is 9.04 Å². The smallest absolute Gasteiger partial charge is 0.327 e. The number of amides is 2. The average molecular weight is 585 g/mol. The highest BCUT2D eigenvalue weighted by atomic mass is 28.3. The highest BCUT2D eigenvalue weighted by Gasteiger charge is 2.45. The topological polar surface area (TPSA) is 56.2 Å². The number of anilines is 1. The molecule has 2 amide bonds. The first-order valence-electron chi connectivity index (χ1n) is 15.3. The van der Waals surface area contributed by atoms with Gasteiger partial charge in [-0.15, -0.1) is 0 Å². The maximum Gasteiger partial charge on any atom is 0.327 e. The van der Waals surface area contributed by atoms with Gasteiger partial charge < -0.3 is 14.4 Å². The Morgan fingerprint density at radius 2 is 1.60 bits per heavy atom. The fourth-order valence-electron chi connectivity index (χ4n) is 6.47. The van der Waals surface area contributed by atoms with Gasteiger partial charge in [-0.1, -0.05) is 93.6 Å². The summed E-state index contributed by atoms with van der Waals surface area (Å²) in [5.74, 6) is 0. The monoisotopic (exact) mass is 584 g/mol. The molecule has 2 heterocycles. The number of rotatable bonds is 9. The van der Waals surface area contributed by atoms with Crippen molar-refractivity contribution in [2.24, 2.45) is 5.41 Å². The Balaban J connectivity index is 1.48. The summed E-state index contributed by atoms with van der Waals surface area (Å²) in [4.78, 5) is 21.5. The van der Waals surface area contributed by atoms with Crippen LogP contribution in [0.5, 0.6) is 0 Å². The molecule has 3 aromatic rings. The van der Waals surface area contributed by atoms with E-state index in [1.165, 1.54) is 5.56 Å². The van der Waals surface area contributed by atoms with Gasteiger partial charge in [-0.3, -0.25) is 9.80 Å². The fraction of sp³-hybridized carbons (Fsp3) is 0.457. The SMILES string of the molecule is C[Si](C)OC(CC(C)(C)C)N1C(=O)N(C2CCN(Cc3cccc(CO)c3)CC2)C(c2ccccc2)c2ccccc21. The molecule has 2 unspecified atom stereocenters. The number of aliphatic hydroxyl groups excluding tert-OH is 1. The number of hydrogen-bond donors (Lipinski definition) is 1. The lowest BCUT2D eigenvalue weighted by atomic mass is 9.88. The predicted octanol–water partition coefficient (Wildman–Crippen LogP) is 7.20. The fourth-order valence-corrected chi connectivity index (χ4v) is 7.20. The highest BCUT2D eigenvalue weighted by Crippen LogP contribution is 2.45. The van der Waals surface area contributed by atoms with Gasteiger partial charge in [0.05, 0.1) is 18.3 Å². The van der Waals surface area contributed by atoms with E-state index in [1.54, 1.807) is 0 Å². The lowest BCUT2D eigenvalue weighted by Gasteiger charge is -2.50. The number of nitrogens with zero attached hydrogens (tertiary/aromatic N) is 3. The minimum absolute atomic E-state index is 0.00299. The van der Waals surface area contributed by atoms with Crippen LogP contribution in [0.15, 0.2) is 78.9 Å². The molecule has 1 fully saturated rings. The first kappa shape index (κ1) is 30.5. The summed E-state index contributed by atoms with van der Waals surface area (Å²) in [5.41, 5.74) is 5.43. The first-order chi connectivity index (χ1) is 20.1. The molecular weight excluding hydrogens is 538 g/mol. The minimum Gasteiger partial charge on any atom is -0.397 e. The Morgan fingerprint density at radius 3 is 2.26 bits per heavy atom. The van der Waals surface area contributed by atoms with E-state index in [-0.39, 0.29) is 36.4 Å². The van der Waals surface area contributed by atoms with Crippen LogP contribution in [-0.4, -0.2) is 55.3 Å². The van der Waals surface area contributed by atoms with Gasteiger partial charge in [0.1, 0.15) is 6.23 Å². The highest BCUT2D eigenvalue weighted by molar-refractivity contribution is 6.48. The molecule has 1 N–H and O–H groups in total. The summed E-state index contributed by atoms with van der Waals surface area (Å²) in [5, 5.41) is 9.57. The van der Waals surface area contributed by atoms with Crippen LogP contribution in [0.2, 0.25) is 13.1 Å². The Morgan fingerprint density at radius 1 is 0.929 bits per heavy atom. The summed E-state index contributed by atoms with van der Waals surface area (Å²) < 4.78 is 6.63. The summed E-state index contributed by atoms with van der Waals surface area (Å²) >= 11 is 0. The summed E-state index contributed by atoms with van der Waals surface area (Å²) in [6, 6.07) is 27.1. The molecule has 0 saturated carbocycles. The molecule has 7 heteroatoms. The van der Waals surface area contributed by atoms with Gasteiger partial charge in [0.15, 0.2) is 0 Å². The molecule has 6 nitrogen and oxygen atoms in total. The van der Waals surface area contributed by atoms with Crippen LogP contribution in [0.4, 0.5) is 10.5 Å². The van der Waals surface area contributed by atoms with Gasteiger partial charge in [-0.2, -0.15) is 0 Å². The van der Waals surface area contributed by atoms with Crippen LogP contribution in [0.1, 0.15) is 68.3 Å². The number of hydrogen-bond acceptors (Lipinski definition) is 4. The molecule has 2 atom stereocenters. The van der Waals surface area contributed by atoms with E-state index in [0.717, 1.165) is 61.3 Å². The lowest BCUT2D eigenvalue weighted by Crippen LogP contribution is -2.59. The Bertz CT molecular complexity index is 1330. The molecule has 2 aliphatic rings. The van der Waals surface area contributed by atoms with Crippen molar-refractivity contribution < 1.29 is 14.3 Å². The third kappa shape index (κ3) is 6.97. The number of piperidine rings is 1. The van der Waals surface area contributed by atoms with Crippen LogP contribution in [0, 0.1) is 5.41 Å². The number of carbonyl (C=O) groups excluding carboxylic acids is 1. The van der Waals surface area contributed by atoms with Crippen molar-refractivity contribution in [3.8, 4) is 0 Å². The van der Waals surface area contributed by atoms with Gasteiger partial charge in [-0.25, -0.2) is 4.79 Å². The number of likely N-dealkylation sites (tertiary alicyclic amines) is 1. The van der Waals surface area contributed by atoms with Crippen LogP contribution in [-0.2, 0) is 17.6 Å². The number of fused-ring (bicyclic) bond motifs is 1. The van der Waals surface area contributed by atoms with Crippen molar-refractivity contribution in [1.29, 1.82) is 0 Å². The molecule has 0 spiro atoms. The van der Waals surface area contributed by atoms with E-state index in [0.29, 0.717) is 0 Å². The third-order valence-corrected chi connectivity index (χ3v) is 9.03. The second-order valence-corrected chi connectivity index (χ2v) is 15.2. The minimum atomic E-state index is -1.06. The van der Waals surface area contributed by atoms with Crippen LogP contribution >= 0.6 is 0 Å². The number of aliphatic hydroxyl groups is 1. The summed E-state index contributed by atoms with van der Waals surface area (Å²) in [7, 11) is -1.06. The van der Waals surface area contributed by atoms with E-state index in [4.69, 9.17) is 4.43 Å². The number of carbonyl (C=O) groups is 1. The molecule has 0 aromatic heterocycles. The zero-order chi connectivity index (χ0) is 29.9. The van der Waals surface area contributed by atoms with Gasteiger partial charge in [-0.05, 0) is 60.5 Å². The Labute approximate surface area is 253 Å². The normalized spacial score (nSPS) is 19.3. The Hall–Kier alpha value is -2.97. The van der Waals surface area contributed by atoms with Crippen molar-refractivity contribution in [3.63, 3.8) is 0 Å². The van der Waals surface area contributed by atoms with Crippen molar-refractivity contribution in [1.82, 2.24) is 9.80 Å². The molecular formula is C35H46N3O3Si. The standard InChI is InChI=1S/C35H46N3O3Si/c1-35(2,3)23-32(41-42(4)5)38-31-17-10-9-16-30(31)33(28-14-7-6-8-15-28)37(34(38)40)29-18-20-36(21-19-29)24-26-12-11-13-27(22-26)25-39/h6-17,22,29,32-33,39H,18-21,23-25H2,1-5H3. The predicted molar refractivity (Wildman–Crippen MR) is 172 cm³/mol. The molecule has 5 rings (SSSR count). The second kappa shape index (κ2) is 13.1. The van der Waals surface area contributed by atoms with Gasteiger partial charge >= 0.3 is 6.03 Å². The summed E-state index contributed by atoms with van der Waals surface area (Å²) in [6.45, 7) is 13.7. The van der Waals surface area contributed by atoms with Gasteiger partial charge in [0.25, 0.3) is 0 Å². The molecule has 2 aliphatic heterocycles. The molecule has 1 radical (unpaired) electrons. The summed E-state index contributed by atoms with van der Waals surface area (Å²) in [6.07, 6.45) is 2.26. The molecule has 1 saturated heterocycles. The average Bonchev–Trinajstić information content (AvgIpc) is 2.96. The molecule has 42 heavy (non-hydrogen) atoms. The molecule has 0 bridgehead atoms. The molecule has 0 aliphatic carbocycles. The van der Waals surface area contributed by atoms with Crippen molar-refractivity contribution in [3.05, 3.63) is 101 Å². The second-order valence-electron chi connectivity index (χ2n) is 13.2. The van der Waals surface area contributed by atoms with E-state index < -0.39 is 9.04 Å². The lowest BCUT2D eigenvalue weighted by molar-refractivity contribution is 0.0850. The number of benzene rings is 3. The molecule has 3 aromatic carbocycles. The molecule has 223 valence electrons.